The molecule has 0 radical (unpaired) electrons. The summed E-state index contributed by atoms with van der Waals surface area (Å²) in [4.78, 5) is 6.90. The number of imidazole rings is 1. The average Bonchev–Trinajstić information content (AvgIpc) is 2.46. The van der Waals surface area contributed by atoms with Gasteiger partial charge in [0.15, 0.2) is 0 Å². The van der Waals surface area contributed by atoms with Gasteiger partial charge >= 0.3 is 0 Å². The van der Waals surface area contributed by atoms with Gasteiger partial charge in [-0.25, -0.2) is 10.5 Å². The number of nitrogens with zero attached hydrogens (tertiary/aromatic N) is 2. The van der Waals surface area contributed by atoms with E-state index in [4.69, 9.17) is 5.53 Å². The highest BCUT2D eigenvalue weighted by Crippen LogP contribution is 2.14. The Bertz CT molecular complexity index is 357. The molecule has 0 amide bonds. The van der Waals surface area contributed by atoms with Crippen LogP contribution >= 0.6 is 0 Å². The molecule has 1 heterocycles. The van der Waals surface area contributed by atoms with Crippen LogP contribution in [0.25, 0.3) is 11.0 Å². The van der Waals surface area contributed by atoms with Crippen LogP contribution in [-0.2, 0) is 0 Å². The third-order valence-corrected chi connectivity index (χ3v) is 1.48. The molecule has 4 nitrogen and oxygen atoms in total. The number of nitrogens with one attached hydrogen (secondary N) is 2. The van der Waals surface area contributed by atoms with Crippen molar-refractivity contribution in [3.63, 3.8) is 0 Å². The highest BCUT2D eigenvalue weighted by molar-refractivity contribution is 5.76. The van der Waals surface area contributed by atoms with E-state index < -0.39 is 0 Å². The number of aromatic amines is 1. The zero-order valence-electron chi connectivity index (χ0n) is 5.70. The number of hydrogen-bond acceptors (Lipinski definition) is 3. The molecule has 0 aliphatic rings. The molecule has 0 atom stereocenters. The number of rotatable bonds is 1. The zero-order valence-corrected chi connectivity index (χ0v) is 5.70. The highest BCUT2D eigenvalue weighted by Gasteiger charge is 1.97. The van der Waals surface area contributed by atoms with Crippen molar-refractivity contribution < 1.29 is 0 Å². The second kappa shape index (κ2) is 2.16. The number of H-pyrrole nitrogens is 1. The Balaban J connectivity index is 2.78. The van der Waals surface area contributed by atoms with Crippen LogP contribution in [0.3, 0.4) is 0 Å². The van der Waals surface area contributed by atoms with Crippen molar-refractivity contribution in [2.75, 3.05) is 0 Å². The second-order valence-electron chi connectivity index (χ2n) is 2.19. The molecule has 0 spiro atoms. The minimum absolute atomic E-state index is 0.353. The Hall–Kier alpha value is -1.71. The number of para-hydroxylation sites is 2. The standard InChI is InChI=1S/C7H6N4/c8-11-7-9-5-3-1-2-4-6(5)10-7/h1-4,8H,(H,9,10). The van der Waals surface area contributed by atoms with Crippen LogP contribution in [-0.4, -0.2) is 9.97 Å². The van der Waals surface area contributed by atoms with Crippen LogP contribution in [0.15, 0.2) is 29.4 Å². The van der Waals surface area contributed by atoms with E-state index in [0.717, 1.165) is 11.0 Å². The number of hydrogen-bond donors (Lipinski definition) is 2. The minimum atomic E-state index is 0.353. The fraction of sp³-hybridized carbons (Fsp3) is 0. The first-order chi connectivity index (χ1) is 5.40. The Kier molecular flexibility index (Phi) is 1.18. The normalized spacial score (nSPS) is 10.2. The van der Waals surface area contributed by atoms with Crippen LogP contribution < -0.4 is 0 Å². The van der Waals surface area contributed by atoms with Crippen molar-refractivity contribution in [3.8, 4) is 0 Å². The van der Waals surface area contributed by atoms with Gasteiger partial charge in [-0.15, -0.1) is 5.11 Å². The quantitative estimate of drug-likeness (QED) is 0.595. The lowest BCUT2D eigenvalue weighted by Crippen LogP contribution is -1.63. The summed E-state index contributed by atoms with van der Waals surface area (Å²) in [5.41, 5.74) is 8.47. The molecule has 0 aliphatic carbocycles. The van der Waals surface area contributed by atoms with E-state index in [0.29, 0.717) is 5.95 Å². The van der Waals surface area contributed by atoms with Crippen molar-refractivity contribution >= 4 is 17.0 Å². The molecular weight excluding hydrogens is 140 g/mol. The summed E-state index contributed by atoms with van der Waals surface area (Å²) in [6, 6.07) is 7.59. The van der Waals surface area contributed by atoms with Gasteiger partial charge in [-0.3, -0.25) is 0 Å². The predicted molar refractivity (Wildman–Crippen MR) is 40.9 cm³/mol. The van der Waals surface area contributed by atoms with Crippen molar-refractivity contribution in [3.05, 3.63) is 24.3 Å². The van der Waals surface area contributed by atoms with Gasteiger partial charge in [-0.05, 0) is 12.1 Å². The maximum absolute atomic E-state index is 6.71. The maximum Gasteiger partial charge on any atom is 0.247 e. The van der Waals surface area contributed by atoms with Gasteiger partial charge in [0.05, 0.1) is 11.0 Å². The molecule has 0 saturated heterocycles. The molecule has 1 aromatic carbocycles. The minimum Gasteiger partial charge on any atom is -0.321 e. The first-order valence-corrected chi connectivity index (χ1v) is 3.22. The Labute approximate surface area is 62.8 Å². The molecular formula is C7H6N4. The van der Waals surface area contributed by atoms with Gasteiger partial charge in [0.2, 0.25) is 5.95 Å². The fourth-order valence-corrected chi connectivity index (χ4v) is 0.992. The number of fused-ring (bicyclic) bond motifs is 1. The lowest BCUT2D eigenvalue weighted by Gasteiger charge is -1.81. The third-order valence-electron chi connectivity index (χ3n) is 1.48. The summed E-state index contributed by atoms with van der Waals surface area (Å²) in [5.74, 6) is 0.353. The molecule has 2 aromatic rings. The average molecular weight is 146 g/mol. The SMILES string of the molecule is N=Nc1nc2ccccc2[nH]1. The number of aromatic nitrogens is 2. The largest absolute Gasteiger partial charge is 0.321 e. The molecule has 1 aromatic heterocycles. The second-order valence-corrected chi connectivity index (χ2v) is 2.19. The Morgan fingerprint density at radius 1 is 1.36 bits per heavy atom. The number of benzene rings is 1. The predicted octanol–water partition coefficient (Wildman–Crippen LogP) is 2.23. The molecule has 0 fully saturated rings. The lowest BCUT2D eigenvalue weighted by atomic mass is 10.3. The summed E-state index contributed by atoms with van der Waals surface area (Å²) >= 11 is 0. The van der Waals surface area contributed by atoms with Crippen molar-refractivity contribution in [2.45, 2.75) is 0 Å². The van der Waals surface area contributed by atoms with Gasteiger partial charge in [0.25, 0.3) is 0 Å². The van der Waals surface area contributed by atoms with Gasteiger partial charge in [-0.2, -0.15) is 0 Å². The molecule has 0 unspecified atom stereocenters. The molecule has 0 aliphatic heterocycles. The van der Waals surface area contributed by atoms with E-state index in [1.165, 1.54) is 0 Å². The summed E-state index contributed by atoms with van der Waals surface area (Å²) < 4.78 is 0. The molecule has 0 bridgehead atoms. The van der Waals surface area contributed by atoms with E-state index >= 15 is 0 Å². The van der Waals surface area contributed by atoms with Crippen molar-refractivity contribution in [1.29, 1.82) is 5.53 Å². The van der Waals surface area contributed by atoms with Crippen LogP contribution in [0.2, 0.25) is 0 Å². The highest BCUT2D eigenvalue weighted by atomic mass is 15.1. The maximum atomic E-state index is 6.71. The van der Waals surface area contributed by atoms with Crippen LogP contribution in [0.5, 0.6) is 0 Å². The van der Waals surface area contributed by atoms with E-state index in [1.807, 2.05) is 24.3 Å². The molecule has 11 heavy (non-hydrogen) atoms. The molecule has 0 saturated carbocycles. The first-order valence-electron chi connectivity index (χ1n) is 3.22. The zero-order chi connectivity index (χ0) is 7.68. The lowest BCUT2D eigenvalue weighted by molar-refractivity contribution is 1.07. The smallest absolute Gasteiger partial charge is 0.247 e. The molecule has 2 rings (SSSR count). The fourth-order valence-electron chi connectivity index (χ4n) is 0.992. The molecule has 4 heteroatoms. The van der Waals surface area contributed by atoms with Gasteiger partial charge < -0.3 is 4.98 Å². The van der Waals surface area contributed by atoms with Crippen molar-refractivity contribution in [1.82, 2.24) is 9.97 Å². The van der Waals surface area contributed by atoms with E-state index in [1.54, 1.807) is 0 Å². The van der Waals surface area contributed by atoms with Crippen molar-refractivity contribution in [2.24, 2.45) is 5.11 Å². The van der Waals surface area contributed by atoms with Gasteiger partial charge in [-0.1, -0.05) is 12.1 Å². The Morgan fingerprint density at radius 2 is 2.18 bits per heavy atom. The van der Waals surface area contributed by atoms with Crippen LogP contribution in [0, 0.1) is 5.53 Å². The molecule has 2 N–H and O–H groups in total. The Morgan fingerprint density at radius 3 is 2.91 bits per heavy atom. The summed E-state index contributed by atoms with van der Waals surface area (Å²) in [5, 5.41) is 3.19. The van der Waals surface area contributed by atoms with Gasteiger partial charge in [0, 0.05) is 0 Å². The monoisotopic (exact) mass is 146 g/mol. The van der Waals surface area contributed by atoms with E-state index in [2.05, 4.69) is 15.1 Å². The van der Waals surface area contributed by atoms with Gasteiger partial charge in [0.1, 0.15) is 0 Å². The van der Waals surface area contributed by atoms with E-state index in [-0.39, 0.29) is 0 Å². The molecule has 54 valence electrons. The summed E-state index contributed by atoms with van der Waals surface area (Å²) in [6.07, 6.45) is 0. The first kappa shape index (κ1) is 6.03. The summed E-state index contributed by atoms with van der Waals surface area (Å²) in [6.45, 7) is 0. The van der Waals surface area contributed by atoms with E-state index in [9.17, 15) is 0 Å². The van der Waals surface area contributed by atoms with Crippen LogP contribution in [0.4, 0.5) is 5.95 Å². The van der Waals surface area contributed by atoms with Crippen LogP contribution in [0.1, 0.15) is 0 Å². The third kappa shape index (κ3) is 0.881. The summed E-state index contributed by atoms with van der Waals surface area (Å²) in [7, 11) is 0. The topological polar surface area (TPSA) is 64.9 Å².